The average Bonchev–Trinajstić information content (AvgIpc) is 3.03. The number of phenols is 1. The van der Waals surface area contributed by atoms with Crippen LogP contribution in [0.15, 0.2) is 41.4 Å². The van der Waals surface area contributed by atoms with Gasteiger partial charge in [0.1, 0.15) is 17.3 Å². The lowest BCUT2D eigenvalue weighted by Crippen LogP contribution is -2.58. The lowest BCUT2D eigenvalue weighted by atomic mass is 9.93. The first-order valence-electron chi connectivity index (χ1n) is 15.1. The molecule has 9 nitrogen and oxygen atoms in total. The lowest BCUT2D eigenvalue weighted by Gasteiger charge is -2.45. The van der Waals surface area contributed by atoms with Crippen molar-refractivity contribution < 1.29 is 18.7 Å². The molecule has 1 unspecified atom stereocenters. The van der Waals surface area contributed by atoms with E-state index in [1.165, 1.54) is 16.7 Å². The Balaban J connectivity index is 1.94. The predicted molar refractivity (Wildman–Crippen MR) is 185 cm³/mol. The highest BCUT2D eigenvalue weighted by atomic mass is 35.5. The number of aromatic nitrogens is 2. The maximum atomic E-state index is 15.6. The van der Waals surface area contributed by atoms with E-state index in [9.17, 15) is 24.3 Å². The third kappa shape index (κ3) is 5.50. The van der Waals surface area contributed by atoms with Gasteiger partial charge in [-0.05, 0) is 56.7 Å². The molecule has 1 saturated heterocycles. The molecule has 0 bridgehead atoms. The number of likely N-dealkylation sites (N-methyl/N-ethyl adjacent to an activating group) is 1. The Bertz CT molecular complexity index is 2010. The van der Waals surface area contributed by atoms with Crippen LogP contribution in [0.1, 0.15) is 40.2 Å². The number of piperazine rings is 1. The molecule has 2 aromatic heterocycles. The largest absolute Gasteiger partial charge is 0.503 e. The molecule has 5 rings (SSSR count). The van der Waals surface area contributed by atoms with Crippen molar-refractivity contribution in [3.05, 3.63) is 79.2 Å². The maximum absolute atomic E-state index is 15.6. The summed E-state index contributed by atoms with van der Waals surface area (Å²) in [5, 5.41) is 19.6. The van der Waals surface area contributed by atoms with Crippen molar-refractivity contribution >= 4 is 63.1 Å². The number of hydrogen-bond acceptors (Lipinski definition) is 7. The quantitative estimate of drug-likeness (QED) is 0.169. The highest BCUT2D eigenvalue weighted by Crippen LogP contribution is 2.46. The first kappa shape index (κ1) is 35.2. The monoisotopic (exact) mass is 716 g/mol. The van der Waals surface area contributed by atoms with E-state index in [4.69, 9.17) is 39.8 Å². The Morgan fingerprint density at radius 1 is 1.17 bits per heavy atom. The van der Waals surface area contributed by atoms with Gasteiger partial charge < -0.3 is 19.8 Å². The Morgan fingerprint density at radius 3 is 2.35 bits per heavy atom. The fourth-order valence-electron chi connectivity index (χ4n) is 6.90. The van der Waals surface area contributed by atoms with Crippen molar-refractivity contribution in [2.75, 3.05) is 25.0 Å². The number of phenolic OH excluding ortho intramolecular Hbond substituents is 1. The van der Waals surface area contributed by atoms with Crippen molar-refractivity contribution in [3.63, 3.8) is 0 Å². The van der Waals surface area contributed by atoms with Crippen LogP contribution in [0.3, 0.4) is 0 Å². The van der Waals surface area contributed by atoms with E-state index < -0.39 is 38.6 Å². The molecule has 2 aliphatic heterocycles. The van der Waals surface area contributed by atoms with E-state index >= 15 is 4.39 Å². The molecule has 0 spiro atoms. The SMILES string of the molecule is C=CC(=O)N1[C@H](C)CN(c2c(C#N)c(=O)n(C3=C(C)C=CN(C)C3C(C)C)c3nc(-c4c(F)c(O)c(F)c(Cl)c4Cl)c(Cl)cc23)C[C@@H]1C. The number of aromatic hydroxyl groups is 1. The van der Waals surface area contributed by atoms with Crippen molar-refractivity contribution in [1.82, 2.24) is 19.4 Å². The minimum atomic E-state index is -1.45. The molecule has 48 heavy (non-hydrogen) atoms. The second-order valence-electron chi connectivity index (χ2n) is 12.4. The number of amides is 1. The van der Waals surface area contributed by atoms with Crippen LogP contribution in [0, 0.1) is 28.9 Å². The summed E-state index contributed by atoms with van der Waals surface area (Å²) in [6, 6.07) is 2.52. The zero-order valence-corrected chi connectivity index (χ0v) is 29.3. The number of anilines is 1. The van der Waals surface area contributed by atoms with Gasteiger partial charge in [-0.3, -0.25) is 14.2 Å². The summed E-state index contributed by atoms with van der Waals surface area (Å²) in [5.74, 6) is -4.54. The summed E-state index contributed by atoms with van der Waals surface area (Å²) in [5.41, 5.74) is -0.234. The van der Waals surface area contributed by atoms with Crippen LogP contribution in [0.4, 0.5) is 14.5 Å². The number of pyridine rings is 2. The molecule has 4 heterocycles. The van der Waals surface area contributed by atoms with Gasteiger partial charge in [0.05, 0.1) is 43.8 Å². The molecule has 1 fully saturated rings. The van der Waals surface area contributed by atoms with Crippen molar-refractivity contribution in [2.24, 2.45) is 5.92 Å². The minimum Gasteiger partial charge on any atom is -0.503 e. The van der Waals surface area contributed by atoms with Crippen molar-refractivity contribution in [3.8, 4) is 23.1 Å². The van der Waals surface area contributed by atoms with Gasteiger partial charge in [-0.2, -0.15) is 5.26 Å². The van der Waals surface area contributed by atoms with Crippen molar-refractivity contribution in [2.45, 2.75) is 52.7 Å². The van der Waals surface area contributed by atoms with Gasteiger partial charge in [-0.15, -0.1) is 0 Å². The molecule has 14 heteroatoms. The Labute approximate surface area is 291 Å². The first-order valence-corrected chi connectivity index (χ1v) is 16.3. The van der Waals surface area contributed by atoms with Gasteiger partial charge in [0.15, 0.2) is 17.4 Å². The van der Waals surface area contributed by atoms with Crippen LogP contribution >= 0.6 is 34.8 Å². The fraction of sp³-hybridized carbons (Fsp3) is 0.353. The fourth-order valence-corrected chi connectivity index (χ4v) is 7.58. The molecular formula is C34H33Cl3F2N6O3. The summed E-state index contributed by atoms with van der Waals surface area (Å²) < 4.78 is 31.4. The molecular weight excluding hydrogens is 685 g/mol. The number of nitriles is 1. The Hall–Kier alpha value is -4.11. The standard InChI is InChI=1S/C34H33Cl3F2N6O3/c1-8-22(46)44-17(5)13-43(14-18(44)6)31-19-11-21(35)28(23-24(36)25(37)27(39)32(47)26(23)38)41-33(19)45(34(48)20(31)12-40)30-16(4)9-10-42(7)29(30)15(2)3/h8-11,15,17-18,29,47H,1,13-14H2,2-7H3/t17-,18+,29?. The van der Waals surface area contributed by atoms with Gasteiger partial charge in [0.25, 0.3) is 5.56 Å². The third-order valence-corrected chi connectivity index (χ3v) is 10.0. The van der Waals surface area contributed by atoms with Crippen LogP contribution in [-0.2, 0) is 4.79 Å². The predicted octanol–water partition coefficient (Wildman–Crippen LogP) is 7.21. The zero-order valence-electron chi connectivity index (χ0n) is 27.1. The summed E-state index contributed by atoms with van der Waals surface area (Å²) in [4.78, 5) is 37.5. The molecule has 1 aromatic carbocycles. The summed E-state index contributed by atoms with van der Waals surface area (Å²) in [6.07, 6.45) is 4.96. The number of benzene rings is 1. The molecule has 252 valence electrons. The first-order chi connectivity index (χ1) is 22.6. The highest BCUT2D eigenvalue weighted by Gasteiger charge is 2.37. The maximum Gasteiger partial charge on any atom is 0.276 e. The second kappa shape index (κ2) is 13.1. The number of hydrogen-bond donors (Lipinski definition) is 1. The van der Waals surface area contributed by atoms with E-state index in [2.05, 4.69) is 12.6 Å². The molecule has 3 aromatic rings. The van der Waals surface area contributed by atoms with E-state index in [-0.39, 0.29) is 76.0 Å². The van der Waals surface area contributed by atoms with Gasteiger partial charge in [-0.25, -0.2) is 13.8 Å². The van der Waals surface area contributed by atoms with Gasteiger partial charge in [0, 0.05) is 37.6 Å². The molecule has 0 aliphatic carbocycles. The molecule has 1 N–H and O–H groups in total. The van der Waals surface area contributed by atoms with Gasteiger partial charge in [-0.1, -0.05) is 55.2 Å². The zero-order chi connectivity index (χ0) is 35.5. The third-order valence-electron chi connectivity index (χ3n) is 8.88. The number of carbonyl (C=O) groups excluding carboxylic acids is 1. The normalized spacial score (nSPS) is 19.8. The average molecular weight is 718 g/mol. The summed E-state index contributed by atoms with van der Waals surface area (Å²) in [7, 11) is 1.86. The number of carbonyl (C=O) groups is 1. The minimum absolute atomic E-state index is 0.0115. The molecule has 0 saturated carbocycles. The summed E-state index contributed by atoms with van der Waals surface area (Å²) in [6.45, 7) is 13.6. The molecule has 2 aliphatic rings. The molecule has 3 atom stereocenters. The van der Waals surface area contributed by atoms with Crippen LogP contribution in [-0.4, -0.2) is 68.6 Å². The highest BCUT2D eigenvalue weighted by molar-refractivity contribution is 6.44. The molecule has 0 radical (unpaired) electrons. The van der Waals surface area contributed by atoms with Crippen molar-refractivity contribution in [1.29, 1.82) is 5.26 Å². The number of nitrogens with zero attached hydrogens (tertiary/aromatic N) is 6. The van der Waals surface area contributed by atoms with E-state index in [1.807, 2.05) is 63.7 Å². The van der Waals surface area contributed by atoms with Crippen LogP contribution in [0.2, 0.25) is 15.1 Å². The number of fused-ring (bicyclic) bond motifs is 1. The smallest absolute Gasteiger partial charge is 0.276 e. The Morgan fingerprint density at radius 2 is 1.79 bits per heavy atom. The number of rotatable bonds is 5. The molecule has 1 amide bonds. The van der Waals surface area contributed by atoms with E-state index in [0.29, 0.717) is 5.70 Å². The second-order valence-corrected chi connectivity index (χ2v) is 13.6. The lowest BCUT2D eigenvalue weighted by molar-refractivity contribution is -0.130. The van der Waals surface area contributed by atoms with Gasteiger partial charge in [0.2, 0.25) is 5.91 Å². The number of allylic oxidation sites excluding steroid dienone is 2. The van der Waals surface area contributed by atoms with Crippen LogP contribution in [0.5, 0.6) is 5.75 Å². The van der Waals surface area contributed by atoms with Crippen LogP contribution < -0.4 is 10.5 Å². The summed E-state index contributed by atoms with van der Waals surface area (Å²) >= 11 is 19.2. The van der Waals surface area contributed by atoms with Crippen LogP contribution in [0.25, 0.3) is 28.0 Å². The Kier molecular flexibility index (Phi) is 9.58. The topological polar surface area (TPSA) is 106 Å². The van der Waals surface area contributed by atoms with E-state index in [0.717, 1.165) is 5.57 Å². The van der Waals surface area contributed by atoms with E-state index in [1.54, 1.807) is 4.90 Å². The number of halogens is 5. The van der Waals surface area contributed by atoms with Gasteiger partial charge >= 0.3 is 0 Å².